The van der Waals surface area contributed by atoms with E-state index < -0.39 is 0 Å². The molecule has 89 heavy (non-hydrogen) atoms. The summed E-state index contributed by atoms with van der Waals surface area (Å²) in [4.78, 5) is 67.9. The van der Waals surface area contributed by atoms with Crippen molar-refractivity contribution in [3.8, 4) is 0 Å². The third-order valence-corrected chi connectivity index (χ3v) is 8.50. The molecule has 0 unspecified atom stereocenters. The van der Waals surface area contributed by atoms with Crippen LogP contribution in [0.4, 0.5) is 0 Å². The van der Waals surface area contributed by atoms with E-state index in [1.54, 1.807) is 49.7 Å². The Morgan fingerprint density at radius 2 is 0.528 bits per heavy atom. The molecule has 0 aliphatic carbocycles. The first-order valence-electron chi connectivity index (χ1n) is 31.4. The molecule has 0 aromatic carbocycles. The van der Waals surface area contributed by atoms with Crippen molar-refractivity contribution in [1.82, 2.24) is 84.7 Å². The summed E-state index contributed by atoms with van der Waals surface area (Å²) in [6.45, 7) is 68.9. The van der Waals surface area contributed by atoms with Crippen LogP contribution in [0.1, 0.15) is 219 Å². The summed E-state index contributed by atoms with van der Waals surface area (Å²) in [6.07, 6.45) is 23.0. The Bertz CT molecular complexity index is 2340. The predicted octanol–water partition coefficient (Wildman–Crippen LogP) is 19.0. The van der Waals surface area contributed by atoms with Crippen LogP contribution >= 0.6 is 0 Å². The molecule has 0 aliphatic heterocycles. The maximum Gasteiger partial charge on any atom is 0.129 e. The van der Waals surface area contributed by atoms with Gasteiger partial charge in [-0.1, -0.05) is 117 Å². The molecule has 0 bridgehead atoms. The van der Waals surface area contributed by atoms with Crippen LogP contribution in [0.2, 0.25) is 0 Å². The Hall–Kier alpha value is -8.21. The summed E-state index contributed by atoms with van der Waals surface area (Å²) in [7, 11) is 0. The average Bonchev–Trinajstić information content (AvgIpc) is 3.54. The van der Waals surface area contributed by atoms with E-state index in [9.17, 15) is 0 Å². The minimum Gasteiger partial charge on any atom is -0.264 e. The molecule has 0 saturated heterocycles. The standard InChI is InChI=1S/2C7H9N.C6H9N3.6C6H8N2.8C2H6/c1-6-3-7(2)5-8-4-6;1-6-3-4-8-7(2)5-6;1-4-7-5(2)9-6(3)8-4;2*1-5-3-8-6(2)4-7-5;1-5-3-7-4-6(2)8-5;1-5-3-6(2)8-4-7-5;1-5-3-7-6(2)8-4-5;1-5-3-4-7-6(2)8-5;8*1-2/h2*3-5H,1-2H3;1-3H3;6*3-4H,1-2H3;8*1-2H3. The van der Waals surface area contributed by atoms with E-state index in [1.807, 2.05) is 285 Å². The Morgan fingerprint density at radius 1 is 0.191 bits per heavy atom. The third-order valence-electron chi connectivity index (χ3n) is 8.50. The Balaban J connectivity index is -0.000000134. The lowest BCUT2D eigenvalue weighted by molar-refractivity contribution is 0.875. The highest BCUT2D eigenvalue weighted by Crippen LogP contribution is 1.98. The van der Waals surface area contributed by atoms with Crippen LogP contribution in [-0.2, 0) is 0 Å². The van der Waals surface area contributed by atoms with Gasteiger partial charge in [0.15, 0.2) is 0 Å². The summed E-state index contributed by atoms with van der Waals surface area (Å²) in [5, 5.41) is 0. The second-order valence-corrected chi connectivity index (χ2v) is 16.7. The van der Waals surface area contributed by atoms with Gasteiger partial charge >= 0.3 is 0 Å². The zero-order valence-electron chi connectivity index (χ0n) is 62.5. The van der Waals surface area contributed by atoms with Gasteiger partial charge in [-0.15, -0.1) is 0 Å². The largest absolute Gasteiger partial charge is 0.264 e. The molecule has 0 amide bonds. The smallest absolute Gasteiger partial charge is 0.129 e. The number of nitrogens with zero attached hydrogens (tertiary/aromatic N) is 17. The number of hydrogen-bond donors (Lipinski definition) is 0. The number of hydrogen-bond acceptors (Lipinski definition) is 17. The molecule has 0 fully saturated rings. The number of aromatic nitrogens is 17. The van der Waals surface area contributed by atoms with Crippen molar-refractivity contribution in [3.05, 3.63) is 219 Å². The highest BCUT2D eigenvalue weighted by molar-refractivity contribution is 5.14. The minimum atomic E-state index is 0.792. The average molecular weight is 1230 g/mol. The van der Waals surface area contributed by atoms with Crippen molar-refractivity contribution >= 4 is 0 Å². The van der Waals surface area contributed by atoms with Crippen LogP contribution in [0.25, 0.3) is 0 Å². The fourth-order valence-electron chi connectivity index (χ4n) is 5.29. The lowest BCUT2D eigenvalue weighted by atomic mass is 10.2. The Kier molecular flexibility index (Phi) is 77.0. The first kappa shape index (κ1) is 97.1. The quantitative estimate of drug-likeness (QED) is 0.138. The maximum atomic E-state index is 4.11. The van der Waals surface area contributed by atoms with Gasteiger partial charge in [-0.3, -0.25) is 39.9 Å². The van der Waals surface area contributed by atoms with Crippen molar-refractivity contribution in [1.29, 1.82) is 0 Å². The van der Waals surface area contributed by atoms with Gasteiger partial charge in [0.05, 0.1) is 34.2 Å². The van der Waals surface area contributed by atoms with Gasteiger partial charge in [0.2, 0.25) is 0 Å². The zero-order valence-corrected chi connectivity index (χ0v) is 62.5. The van der Waals surface area contributed by atoms with Crippen molar-refractivity contribution in [2.75, 3.05) is 0 Å². The normalized spacial score (nSPS) is 8.17. The van der Waals surface area contributed by atoms with Crippen molar-refractivity contribution < 1.29 is 0 Å². The lowest BCUT2D eigenvalue weighted by Gasteiger charge is -1.94. The molecule has 9 rings (SSSR count). The number of rotatable bonds is 0. The molecular weight excluding hydrogens is 1100 g/mol. The first-order chi connectivity index (χ1) is 42.5. The molecule has 9 aromatic rings. The van der Waals surface area contributed by atoms with Gasteiger partial charge in [-0.05, 0) is 178 Å². The first-order valence-corrected chi connectivity index (χ1v) is 31.4. The molecule has 17 heteroatoms. The van der Waals surface area contributed by atoms with E-state index in [0.29, 0.717) is 0 Å². The summed E-state index contributed by atoms with van der Waals surface area (Å²) < 4.78 is 0. The van der Waals surface area contributed by atoms with Crippen molar-refractivity contribution in [2.24, 2.45) is 0 Å². The van der Waals surface area contributed by atoms with E-state index in [4.69, 9.17) is 0 Å². The Labute approximate surface area is 543 Å². The van der Waals surface area contributed by atoms with Crippen molar-refractivity contribution in [2.45, 2.75) is 242 Å². The van der Waals surface area contributed by atoms with E-state index in [1.165, 1.54) is 16.7 Å². The molecule has 496 valence electrons. The predicted molar refractivity (Wildman–Crippen MR) is 381 cm³/mol. The third kappa shape index (κ3) is 68.8. The van der Waals surface area contributed by atoms with Crippen LogP contribution in [0.15, 0.2) is 111 Å². The highest BCUT2D eigenvalue weighted by atomic mass is 15.0. The topological polar surface area (TPSA) is 219 Å². The molecule has 0 N–H and O–H groups in total. The Morgan fingerprint density at radius 3 is 0.742 bits per heavy atom. The van der Waals surface area contributed by atoms with E-state index in [0.717, 1.165) is 91.6 Å². The fourth-order valence-corrected chi connectivity index (χ4v) is 5.29. The summed E-state index contributed by atoms with van der Waals surface area (Å²) in [5.74, 6) is 4.04. The summed E-state index contributed by atoms with van der Waals surface area (Å²) in [6, 6.07) is 9.98. The van der Waals surface area contributed by atoms with Gasteiger partial charge in [0.1, 0.15) is 35.4 Å². The van der Waals surface area contributed by atoms with Crippen LogP contribution in [0.5, 0.6) is 0 Å². The number of pyridine rings is 2. The molecule has 0 radical (unpaired) electrons. The van der Waals surface area contributed by atoms with Crippen molar-refractivity contribution in [3.63, 3.8) is 0 Å². The summed E-state index contributed by atoms with van der Waals surface area (Å²) in [5.41, 5.74) is 14.8. The van der Waals surface area contributed by atoms with E-state index >= 15 is 0 Å². The second kappa shape index (κ2) is 70.6. The zero-order chi connectivity index (χ0) is 70.7. The van der Waals surface area contributed by atoms with Gasteiger partial charge in [0.25, 0.3) is 0 Å². The molecular formula is C72H123N17. The van der Waals surface area contributed by atoms with E-state index in [2.05, 4.69) is 104 Å². The van der Waals surface area contributed by atoms with Crippen LogP contribution in [0, 0.1) is 132 Å². The van der Waals surface area contributed by atoms with Gasteiger partial charge < -0.3 is 0 Å². The minimum absolute atomic E-state index is 0.792. The molecule has 0 aliphatic rings. The SMILES string of the molecule is CC.CC.CC.CC.CC.CC.CC.CC.Cc1cc(C)ncn1.Cc1ccnc(C)c1.Cc1ccnc(C)n1.Cc1cnc(C)cn1.Cc1cnc(C)cn1.Cc1cnc(C)nc1.Cc1cncc(C)c1.Cc1cncc(C)n1.Cc1nc(C)nc(C)n1. The monoisotopic (exact) mass is 1230 g/mol. The second-order valence-electron chi connectivity index (χ2n) is 16.7. The molecule has 9 heterocycles. The van der Waals surface area contributed by atoms with Gasteiger partial charge in [-0.2, -0.15) is 0 Å². The van der Waals surface area contributed by atoms with Crippen LogP contribution < -0.4 is 0 Å². The number of aryl methyl sites for hydroxylation is 19. The molecule has 0 atom stereocenters. The van der Waals surface area contributed by atoms with E-state index in [-0.39, 0.29) is 0 Å². The molecule has 9 aromatic heterocycles. The maximum absolute atomic E-state index is 4.11. The molecule has 0 saturated carbocycles. The highest BCUT2D eigenvalue weighted by Gasteiger charge is 1.92. The summed E-state index contributed by atoms with van der Waals surface area (Å²) >= 11 is 0. The van der Waals surface area contributed by atoms with Crippen LogP contribution in [-0.4, -0.2) is 84.7 Å². The molecule has 0 spiro atoms. The lowest BCUT2D eigenvalue weighted by Crippen LogP contribution is -1.97. The fraction of sp³-hybridized carbons (Fsp3) is 0.486. The van der Waals surface area contributed by atoms with Gasteiger partial charge in [-0.25, -0.2) is 44.9 Å². The van der Waals surface area contributed by atoms with Crippen LogP contribution in [0.3, 0.4) is 0 Å². The molecule has 17 nitrogen and oxygen atoms in total. The van der Waals surface area contributed by atoms with Gasteiger partial charge in [0, 0.05) is 97.1 Å².